The van der Waals surface area contributed by atoms with Crippen molar-refractivity contribution < 1.29 is 13.9 Å². The monoisotopic (exact) mass is 233 g/mol. The third kappa shape index (κ3) is 1.93. The van der Waals surface area contributed by atoms with Crippen molar-refractivity contribution in [1.82, 2.24) is 0 Å². The quantitative estimate of drug-likeness (QED) is 0.543. The van der Waals surface area contributed by atoms with Crippen molar-refractivity contribution in [1.29, 1.82) is 5.26 Å². The van der Waals surface area contributed by atoms with Gasteiger partial charge in [0.25, 0.3) is 0 Å². The molecule has 0 saturated heterocycles. The fourth-order valence-electron chi connectivity index (χ4n) is 1.34. The molecule has 0 N–H and O–H groups in total. The number of esters is 1. The molecule has 2 atom stereocenters. The van der Waals surface area contributed by atoms with Gasteiger partial charge in [0.05, 0.1) is 11.9 Å². The highest BCUT2D eigenvalue weighted by Crippen LogP contribution is 2.60. The smallest absolute Gasteiger partial charge is 0.330 e. The Morgan fingerprint density at radius 3 is 2.47 bits per heavy atom. The van der Waals surface area contributed by atoms with Gasteiger partial charge in [-0.3, -0.25) is 4.79 Å². The average molecular weight is 234 g/mol. The largest absolute Gasteiger partial charge is 0.459 e. The highest BCUT2D eigenvalue weighted by molar-refractivity contribution is 6.19. The number of halogens is 2. The van der Waals surface area contributed by atoms with Crippen LogP contribution >= 0.6 is 11.6 Å². The van der Waals surface area contributed by atoms with Gasteiger partial charge in [0, 0.05) is 6.42 Å². The summed E-state index contributed by atoms with van der Waals surface area (Å²) in [6.45, 7) is 5.00. The molecule has 1 aliphatic carbocycles. The molecule has 0 spiro atoms. The lowest BCUT2D eigenvalue weighted by Gasteiger charge is -2.22. The summed E-state index contributed by atoms with van der Waals surface area (Å²) < 4.78 is 18.7. The first-order valence-corrected chi connectivity index (χ1v) is 5.14. The third-order valence-electron chi connectivity index (χ3n) is 2.34. The molecule has 1 rings (SSSR count). The lowest BCUT2D eigenvalue weighted by Crippen LogP contribution is -2.33. The number of hydrogen-bond acceptors (Lipinski definition) is 3. The molecule has 3 nitrogen and oxygen atoms in total. The maximum atomic E-state index is 13.7. The first kappa shape index (κ1) is 12.3. The molecule has 0 aromatic rings. The van der Waals surface area contributed by atoms with E-state index in [1.807, 2.05) is 0 Å². The van der Waals surface area contributed by atoms with Crippen molar-refractivity contribution in [2.75, 3.05) is 5.88 Å². The van der Waals surface area contributed by atoms with Crippen LogP contribution < -0.4 is 0 Å². The minimum Gasteiger partial charge on any atom is -0.459 e. The highest BCUT2D eigenvalue weighted by atomic mass is 35.5. The van der Waals surface area contributed by atoms with Gasteiger partial charge in [-0.15, -0.1) is 11.6 Å². The molecule has 0 aromatic heterocycles. The van der Waals surface area contributed by atoms with Crippen molar-refractivity contribution in [3.63, 3.8) is 0 Å². The molecule has 1 fully saturated rings. The molecule has 0 amide bonds. The van der Waals surface area contributed by atoms with Gasteiger partial charge in [0.15, 0.2) is 11.1 Å². The van der Waals surface area contributed by atoms with Gasteiger partial charge >= 0.3 is 5.97 Å². The Hall–Kier alpha value is -0.820. The van der Waals surface area contributed by atoms with Gasteiger partial charge in [-0.05, 0) is 20.8 Å². The third-order valence-corrected chi connectivity index (χ3v) is 2.76. The standard InChI is InChI=1S/C10H13ClFNO2/c1-8(2,3)15-7(14)9(6-13)4-10(9,12)5-11/h4-5H2,1-3H3/t9-,10+/m0/s1. The predicted molar refractivity (Wildman–Crippen MR) is 53.1 cm³/mol. The van der Waals surface area contributed by atoms with Crippen molar-refractivity contribution in [2.45, 2.75) is 38.5 Å². The maximum Gasteiger partial charge on any atom is 0.330 e. The number of ether oxygens (including phenoxy) is 1. The van der Waals surface area contributed by atoms with Crippen LogP contribution in [0.15, 0.2) is 0 Å². The van der Waals surface area contributed by atoms with Crippen LogP contribution in [0.25, 0.3) is 0 Å². The molecule has 0 radical (unpaired) electrons. The van der Waals surface area contributed by atoms with Gasteiger partial charge < -0.3 is 4.74 Å². The van der Waals surface area contributed by atoms with Crippen LogP contribution in [0.4, 0.5) is 4.39 Å². The lowest BCUT2D eigenvalue weighted by atomic mass is 10.1. The Morgan fingerprint density at radius 1 is 1.67 bits per heavy atom. The Morgan fingerprint density at radius 2 is 2.20 bits per heavy atom. The van der Waals surface area contributed by atoms with Gasteiger partial charge in [0.2, 0.25) is 0 Å². The second kappa shape index (κ2) is 3.34. The summed E-state index contributed by atoms with van der Waals surface area (Å²) in [5.74, 6) is -1.18. The zero-order valence-corrected chi connectivity index (χ0v) is 9.69. The molecule has 0 aromatic carbocycles. The number of nitriles is 1. The zero-order valence-electron chi connectivity index (χ0n) is 8.93. The van der Waals surface area contributed by atoms with Crippen molar-refractivity contribution in [3.05, 3.63) is 0 Å². The van der Waals surface area contributed by atoms with Crippen molar-refractivity contribution in [3.8, 4) is 6.07 Å². The van der Waals surface area contributed by atoms with Crippen LogP contribution in [0.1, 0.15) is 27.2 Å². The van der Waals surface area contributed by atoms with E-state index in [2.05, 4.69) is 0 Å². The Kier molecular flexibility index (Phi) is 2.73. The van der Waals surface area contributed by atoms with Crippen LogP contribution in [-0.2, 0) is 9.53 Å². The minimum atomic E-state index is -1.92. The van der Waals surface area contributed by atoms with Crippen LogP contribution in [0.5, 0.6) is 0 Å². The second-order valence-corrected chi connectivity index (χ2v) is 5.06. The molecular weight excluding hydrogens is 221 g/mol. The summed E-state index contributed by atoms with van der Waals surface area (Å²) >= 11 is 5.38. The van der Waals surface area contributed by atoms with E-state index in [1.165, 1.54) is 0 Å². The van der Waals surface area contributed by atoms with E-state index in [0.717, 1.165) is 0 Å². The number of hydrogen-bond donors (Lipinski definition) is 0. The molecule has 0 aliphatic heterocycles. The summed E-state index contributed by atoms with van der Waals surface area (Å²) in [5, 5.41) is 8.84. The molecule has 1 saturated carbocycles. The predicted octanol–water partition coefficient (Wildman–Crippen LogP) is 2.19. The fourth-order valence-corrected chi connectivity index (χ4v) is 1.67. The summed E-state index contributed by atoms with van der Waals surface area (Å²) in [6, 6.07) is 1.68. The van der Waals surface area contributed by atoms with E-state index >= 15 is 0 Å². The molecule has 0 bridgehead atoms. The van der Waals surface area contributed by atoms with Crippen LogP contribution in [0, 0.1) is 16.7 Å². The summed E-state index contributed by atoms with van der Waals surface area (Å²) in [4.78, 5) is 11.6. The Balaban J connectivity index is 2.82. The minimum absolute atomic E-state index is 0.172. The fraction of sp³-hybridized carbons (Fsp3) is 0.800. The molecule has 1 aliphatic rings. The van der Waals surface area contributed by atoms with E-state index in [9.17, 15) is 9.18 Å². The van der Waals surface area contributed by atoms with E-state index in [0.29, 0.717) is 0 Å². The number of carbonyl (C=O) groups is 1. The van der Waals surface area contributed by atoms with E-state index in [-0.39, 0.29) is 12.3 Å². The number of alkyl halides is 2. The van der Waals surface area contributed by atoms with Crippen LogP contribution in [0.3, 0.4) is 0 Å². The average Bonchev–Trinajstić information content (AvgIpc) is 2.71. The molecular formula is C10H13ClFNO2. The van der Waals surface area contributed by atoms with Crippen LogP contribution in [-0.4, -0.2) is 23.1 Å². The maximum absolute atomic E-state index is 13.7. The zero-order chi connectivity index (χ0) is 11.9. The van der Waals surface area contributed by atoms with Gasteiger partial charge in [0.1, 0.15) is 5.60 Å². The summed E-state index contributed by atoms with van der Waals surface area (Å²) in [6.07, 6.45) is -0.172. The van der Waals surface area contributed by atoms with Crippen molar-refractivity contribution in [2.24, 2.45) is 5.41 Å². The SMILES string of the molecule is CC(C)(C)OC(=O)[C@@]1(C#N)C[C@@]1(F)CCl. The lowest BCUT2D eigenvalue weighted by molar-refractivity contribution is -0.160. The van der Waals surface area contributed by atoms with Gasteiger partial charge in [-0.2, -0.15) is 5.26 Å². The van der Waals surface area contributed by atoms with E-state index < -0.39 is 22.7 Å². The summed E-state index contributed by atoms with van der Waals surface area (Å²) in [7, 11) is 0. The Bertz CT molecular complexity index is 333. The topological polar surface area (TPSA) is 50.1 Å². The summed E-state index contributed by atoms with van der Waals surface area (Å²) in [5.41, 5.74) is -4.34. The van der Waals surface area contributed by atoms with Gasteiger partial charge in [-0.25, -0.2) is 4.39 Å². The molecule has 0 unspecified atom stereocenters. The second-order valence-electron chi connectivity index (χ2n) is 4.79. The van der Waals surface area contributed by atoms with Crippen molar-refractivity contribution >= 4 is 17.6 Å². The molecule has 15 heavy (non-hydrogen) atoms. The first-order valence-electron chi connectivity index (χ1n) is 4.60. The van der Waals surface area contributed by atoms with Crippen LogP contribution in [0.2, 0.25) is 0 Å². The highest BCUT2D eigenvalue weighted by Gasteiger charge is 2.76. The Labute approximate surface area is 93.2 Å². The number of rotatable bonds is 2. The van der Waals surface area contributed by atoms with E-state index in [1.54, 1.807) is 26.8 Å². The number of carbonyl (C=O) groups excluding carboxylic acids is 1. The first-order chi connectivity index (χ1) is 6.71. The molecule has 0 heterocycles. The number of nitrogens with zero attached hydrogens (tertiary/aromatic N) is 1. The molecule has 5 heteroatoms. The van der Waals surface area contributed by atoms with E-state index in [4.69, 9.17) is 21.6 Å². The molecule has 84 valence electrons. The normalized spacial score (nSPS) is 34.4. The van der Waals surface area contributed by atoms with Gasteiger partial charge in [-0.1, -0.05) is 0 Å².